The van der Waals surface area contributed by atoms with Crippen LogP contribution in [0.25, 0.3) is 0 Å². The standard InChI is InChI=1S/C23H30N4O3S/c1-18-17-20(7-10-22(18)26-15-13-25(2)14-16-26)24-23(28)19-5-8-21(9-6-19)31(29,30)27-11-3-4-12-27/h5-10,17H,3-4,11-16H2,1-2H3,(H,24,28). The first-order valence-corrected chi connectivity index (χ1v) is 12.2. The molecule has 2 aliphatic rings. The molecule has 1 N–H and O–H groups in total. The Hall–Kier alpha value is -2.42. The fourth-order valence-corrected chi connectivity index (χ4v) is 5.71. The molecule has 31 heavy (non-hydrogen) atoms. The van der Waals surface area contributed by atoms with E-state index in [0.717, 1.165) is 50.3 Å². The summed E-state index contributed by atoms with van der Waals surface area (Å²) in [7, 11) is -1.33. The highest BCUT2D eigenvalue weighted by Crippen LogP contribution is 2.25. The second-order valence-electron chi connectivity index (χ2n) is 8.38. The fraction of sp³-hybridized carbons (Fsp3) is 0.435. The van der Waals surface area contributed by atoms with Crippen molar-refractivity contribution in [1.29, 1.82) is 0 Å². The summed E-state index contributed by atoms with van der Waals surface area (Å²) >= 11 is 0. The van der Waals surface area contributed by atoms with Crippen LogP contribution in [0.3, 0.4) is 0 Å². The number of aryl methyl sites for hydroxylation is 1. The number of carbonyl (C=O) groups is 1. The van der Waals surface area contributed by atoms with Crippen LogP contribution in [-0.4, -0.2) is 69.8 Å². The van der Waals surface area contributed by atoms with Crippen molar-refractivity contribution in [2.75, 3.05) is 56.5 Å². The van der Waals surface area contributed by atoms with Gasteiger partial charge in [0.05, 0.1) is 4.90 Å². The molecule has 2 aromatic carbocycles. The van der Waals surface area contributed by atoms with Gasteiger partial charge in [-0.2, -0.15) is 4.31 Å². The van der Waals surface area contributed by atoms with Gasteiger partial charge in [0.15, 0.2) is 0 Å². The predicted octanol–water partition coefficient (Wildman–Crippen LogP) is 2.78. The SMILES string of the molecule is Cc1cc(NC(=O)c2ccc(S(=O)(=O)N3CCCC3)cc2)ccc1N1CCN(C)CC1. The van der Waals surface area contributed by atoms with Crippen molar-refractivity contribution in [1.82, 2.24) is 9.21 Å². The summed E-state index contributed by atoms with van der Waals surface area (Å²) in [6.07, 6.45) is 1.79. The number of nitrogens with zero attached hydrogens (tertiary/aromatic N) is 3. The normalized spacial score (nSPS) is 18.3. The van der Waals surface area contributed by atoms with Crippen LogP contribution in [0.1, 0.15) is 28.8 Å². The number of sulfonamides is 1. The van der Waals surface area contributed by atoms with Gasteiger partial charge in [0.1, 0.15) is 0 Å². The summed E-state index contributed by atoms with van der Waals surface area (Å²) in [5.41, 5.74) is 3.48. The number of anilines is 2. The third kappa shape index (κ3) is 4.76. The molecular weight excluding hydrogens is 412 g/mol. The number of piperazine rings is 1. The average Bonchev–Trinajstić information content (AvgIpc) is 3.31. The molecule has 0 aliphatic carbocycles. The van der Waals surface area contributed by atoms with Gasteiger partial charge in [-0.1, -0.05) is 0 Å². The summed E-state index contributed by atoms with van der Waals surface area (Å²) in [5.74, 6) is -0.253. The van der Waals surface area contributed by atoms with Crippen molar-refractivity contribution in [3.63, 3.8) is 0 Å². The van der Waals surface area contributed by atoms with E-state index in [1.165, 1.54) is 22.1 Å². The molecule has 7 nitrogen and oxygen atoms in total. The number of rotatable bonds is 5. The van der Waals surface area contributed by atoms with Gasteiger partial charge >= 0.3 is 0 Å². The van der Waals surface area contributed by atoms with Crippen molar-refractivity contribution in [2.24, 2.45) is 0 Å². The smallest absolute Gasteiger partial charge is 0.255 e. The fourth-order valence-electron chi connectivity index (χ4n) is 4.19. The third-order valence-electron chi connectivity index (χ3n) is 6.12. The van der Waals surface area contributed by atoms with Gasteiger partial charge in [-0.25, -0.2) is 8.42 Å². The Balaban J connectivity index is 1.43. The van der Waals surface area contributed by atoms with Gasteiger partial charge in [0.25, 0.3) is 5.91 Å². The molecule has 0 radical (unpaired) electrons. The van der Waals surface area contributed by atoms with E-state index in [9.17, 15) is 13.2 Å². The molecule has 0 saturated carbocycles. The lowest BCUT2D eigenvalue weighted by Gasteiger charge is -2.35. The molecule has 2 heterocycles. The summed E-state index contributed by atoms with van der Waals surface area (Å²) in [6, 6.07) is 12.1. The Morgan fingerprint density at radius 1 is 0.903 bits per heavy atom. The lowest BCUT2D eigenvalue weighted by atomic mass is 10.1. The Morgan fingerprint density at radius 3 is 2.16 bits per heavy atom. The van der Waals surface area contributed by atoms with Crippen molar-refractivity contribution >= 4 is 27.3 Å². The minimum Gasteiger partial charge on any atom is -0.369 e. The second kappa shape index (κ2) is 8.98. The average molecular weight is 443 g/mol. The first-order chi connectivity index (χ1) is 14.8. The van der Waals surface area contributed by atoms with Gasteiger partial charge < -0.3 is 15.1 Å². The number of carbonyl (C=O) groups excluding carboxylic acids is 1. The summed E-state index contributed by atoms with van der Waals surface area (Å²) < 4.78 is 26.8. The molecule has 166 valence electrons. The third-order valence-corrected chi connectivity index (χ3v) is 8.03. The molecule has 2 aromatic rings. The lowest BCUT2D eigenvalue weighted by Crippen LogP contribution is -2.44. The highest BCUT2D eigenvalue weighted by molar-refractivity contribution is 7.89. The maximum Gasteiger partial charge on any atom is 0.255 e. The zero-order chi connectivity index (χ0) is 22.0. The second-order valence-corrected chi connectivity index (χ2v) is 10.3. The summed E-state index contributed by atoms with van der Waals surface area (Å²) in [4.78, 5) is 17.6. The molecule has 0 aromatic heterocycles. The van der Waals surface area contributed by atoms with Crippen LogP contribution >= 0.6 is 0 Å². The van der Waals surface area contributed by atoms with Crippen LogP contribution in [0.4, 0.5) is 11.4 Å². The van der Waals surface area contributed by atoms with Gasteiger partial charge in [0, 0.05) is 56.2 Å². The molecule has 4 rings (SSSR count). The number of benzene rings is 2. The molecule has 2 saturated heterocycles. The van der Waals surface area contributed by atoms with Crippen LogP contribution in [-0.2, 0) is 10.0 Å². The van der Waals surface area contributed by atoms with Crippen molar-refractivity contribution in [2.45, 2.75) is 24.7 Å². The molecule has 8 heteroatoms. The maximum atomic E-state index is 12.7. The largest absolute Gasteiger partial charge is 0.369 e. The van der Waals surface area contributed by atoms with Crippen molar-refractivity contribution in [3.05, 3.63) is 53.6 Å². The summed E-state index contributed by atoms with van der Waals surface area (Å²) in [6.45, 7) is 7.26. The van der Waals surface area contributed by atoms with Crippen molar-refractivity contribution in [3.8, 4) is 0 Å². The topological polar surface area (TPSA) is 73.0 Å². The van der Waals surface area contributed by atoms with Crippen LogP contribution in [0, 0.1) is 6.92 Å². The van der Waals surface area contributed by atoms with Gasteiger partial charge in [-0.15, -0.1) is 0 Å². The van der Waals surface area contributed by atoms with E-state index in [-0.39, 0.29) is 10.8 Å². The van der Waals surface area contributed by atoms with Gasteiger partial charge in [-0.3, -0.25) is 4.79 Å². The first-order valence-electron chi connectivity index (χ1n) is 10.8. The quantitative estimate of drug-likeness (QED) is 0.771. The molecule has 1 amide bonds. The van der Waals surface area contributed by atoms with Crippen LogP contribution < -0.4 is 10.2 Å². The van der Waals surface area contributed by atoms with E-state index < -0.39 is 10.0 Å². The molecule has 0 unspecified atom stereocenters. The zero-order valence-corrected chi connectivity index (χ0v) is 19.0. The van der Waals surface area contributed by atoms with Gasteiger partial charge in [0.2, 0.25) is 10.0 Å². The van der Waals surface area contributed by atoms with E-state index in [1.54, 1.807) is 12.1 Å². The highest BCUT2D eigenvalue weighted by atomic mass is 32.2. The van der Waals surface area contributed by atoms with E-state index in [0.29, 0.717) is 18.7 Å². The zero-order valence-electron chi connectivity index (χ0n) is 18.2. The first kappa shape index (κ1) is 21.8. The van der Waals surface area contributed by atoms with E-state index in [1.807, 2.05) is 12.1 Å². The molecule has 0 atom stereocenters. The lowest BCUT2D eigenvalue weighted by molar-refractivity contribution is 0.102. The minimum absolute atomic E-state index is 0.235. The number of nitrogens with one attached hydrogen (secondary N) is 1. The minimum atomic E-state index is -3.47. The predicted molar refractivity (Wildman–Crippen MR) is 123 cm³/mol. The number of amides is 1. The van der Waals surface area contributed by atoms with Crippen molar-refractivity contribution < 1.29 is 13.2 Å². The summed E-state index contributed by atoms with van der Waals surface area (Å²) in [5, 5.41) is 2.92. The molecule has 0 bridgehead atoms. The molecule has 0 spiro atoms. The maximum absolute atomic E-state index is 12.7. The monoisotopic (exact) mass is 442 g/mol. The molecule has 2 aliphatic heterocycles. The van der Waals surface area contributed by atoms with Crippen LogP contribution in [0.5, 0.6) is 0 Å². The number of hydrogen-bond donors (Lipinski definition) is 1. The van der Waals surface area contributed by atoms with E-state index in [2.05, 4.69) is 35.2 Å². The van der Waals surface area contributed by atoms with E-state index in [4.69, 9.17) is 0 Å². The Morgan fingerprint density at radius 2 is 1.55 bits per heavy atom. The molecular formula is C23H30N4O3S. The highest BCUT2D eigenvalue weighted by Gasteiger charge is 2.27. The number of hydrogen-bond acceptors (Lipinski definition) is 5. The van der Waals surface area contributed by atoms with Crippen LogP contribution in [0.2, 0.25) is 0 Å². The molecule has 2 fully saturated rings. The Labute approximate surface area is 184 Å². The van der Waals surface area contributed by atoms with Gasteiger partial charge in [-0.05, 0) is 74.8 Å². The Bertz CT molecular complexity index is 1040. The van der Waals surface area contributed by atoms with E-state index >= 15 is 0 Å². The number of likely N-dealkylation sites (N-methyl/N-ethyl adjacent to an activating group) is 1. The van der Waals surface area contributed by atoms with Crippen LogP contribution in [0.15, 0.2) is 47.4 Å². The Kier molecular flexibility index (Phi) is 6.31.